The van der Waals surface area contributed by atoms with Crippen molar-refractivity contribution in [3.05, 3.63) is 12.2 Å². The SMILES string of the molecule is CCC(CC)OC(=O)C1CC=CCC1C(=O)O. The number of esters is 1. The van der Waals surface area contributed by atoms with Gasteiger partial charge >= 0.3 is 11.9 Å². The molecule has 1 aliphatic rings. The van der Waals surface area contributed by atoms with Crippen LogP contribution in [0.4, 0.5) is 0 Å². The van der Waals surface area contributed by atoms with E-state index in [0.717, 1.165) is 12.8 Å². The number of carboxylic acid groups (broad SMARTS) is 1. The first-order valence-electron chi connectivity index (χ1n) is 6.18. The van der Waals surface area contributed by atoms with Crippen LogP contribution in [-0.2, 0) is 14.3 Å². The third kappa shape index (κ3) is 3.58. The molecular formula is C13H20O4. The number of aliphatic carboxylic acids is 1. The predicted octanol–water partition coefficient (Wildman–Crippen LogP) is 2.39. The Balaban J connectivity index is 2.66. The minimum Gasteiger partial charge on any atom is -0.481 e. The largest absolute Gasteiger partial charge is 0.481 e. The van der Waals surface area contributed by atoms with Crippen LogP contribution in [0.25, 0.3) is 0 Å². The maximum Gasteiger partial charge on any atom is 0.310 e. The molecule has 17 heavy (non-hydrogen) atoms. The van der Waals surface area contributed by atoms with Crippen LogP contribution < -0.4 is 0 Å². The topological polar surface area (TPSA) is 63.6 Å². The number of hydrogen-bond donors (Lipinski definition) is 1. The Morgan fingerprint density at radius 2 is 1.76 bits per heavy atom. The van der Waals surface area contributed by atoms with Crippen molar-refractivity contribution >= 4 is 11.9 Å². The highest BCUT2D eigenvalue weighted by Crippen LogP contribution is 2.27. The first kappa shape index (κ1) is 13.7. The zero-order valence-corrected chi connectivity index (χ0v) is 10.4. The van der Waals surface area contributed by atoms with E-state index in [4.69, 9.17) is 9.84 Å². The standard InChI is InChI=1S/C13H20O4/c1-3-9(4-2)17-13(16)11-8-6-5-7-10(11)12(14)15/h5-6,9-11H,3-4,7-8H2,1-2H3,(H,14,15). The van der Waals surface area contributed by atoms with Gasteiger partial charge in [0.05, 0.1) is 11.8 Å². The summed E-state index contributed by atoms with van der Waals surface area (Å²) in [4.78, 5) is 23.0. The maximum atomic E-state index is 11.9. The number of carbonyl (C=O) groups excluding carboxylic acids is 1. The Morgan fingerprint density at radius 1 is 1.24 bits per heavy atom. The van der Waals surface area contributed by atoms with Crippen molar-refractivity contribution in [1.29, 1.82) is 0 Å². The van der Waals surface area contributed by atoms with E-state index >= 15 is 0 Å². The van der Waals surface area contributed by atoms with Crippen LogP contribution in [0.5, 0.6) is 0 Å². The Hall–Kier alpha value is -1.32. The van der Waals surface area contributed by atoms with Gasteiger partial charge in [0.15, 0.2) is 0 Å². The molecule has 0 aliphatic heterocycles. The predicted molar refractivity (Wildman–Crippen MR) is 63.5 cm³/mol. The van der Waals surface area contributed by atoms with E-state index in [1.165, 1.54) is 0 Å². The molecular weight excluding hydrogens is 220 g/mol. The van der Waals surface area contributed by atoms with Gasteiger partial charge in [0.1, 0.15) is 6.10 Å². The zero-order chi connectivity index (χ0) is 12.8. The average molecular weight is 240 g/mol. The van der Waals surface area contributed by atoms with Crippen molar-refractivity contribution in [2.24, 2.45) is 11.8 Å². The van der Waals surface area contributed by atoms with Gasteiger partial charge in [0, 0.05) is 0 Å². The molecule has 96 valence electrons. The molecule has 0 saturated heterocycles. The molecule has 0 amide bonds. The Bertz CT molecular complexity index is 305. The van der Waals surface area contributed by atoms with E-state index in [0.29, 0.717) is 12.8 Å². The molecule has 2 unspecified atom stereocenters. The summed E-state index contributed by atoms with van der Waals surface area (Å²) in [5.41, 5.74) is 0. The molecule has 0 fully saturated rings. The summed E-state index contributed by atoms with van der Waals surface area (Å²) >= 11 is 0. The minimum atomic E-state index is -0.916. The molecule has 0 spiro atoms. The second kappa shape index (κ2) is 6.42. The number of rotatable bonds is 5. The summed E-state index contributed by atoms with van der Waals surface area (Å²) in [7, 11) is 0. The molecule has 0 bridgehead atoms. The first-order valence-corrected chi connectivity index (χ1v) is 6.18. The fraction of sp³-hybridized carbons (Fsp3) is 0.692. The van der Waals surface area contributed by atoms with Crippen molar-refractivity contribution in [2.45, 2.75) is 45.6 Å². The Kier molecular flexibility index (Phi) is 5.19. The van der Waals surface area contributed by atoms with Crippen LogP contribution in [0, 0.1) is 11.8 Å². The van der Waals surface area contributed by atoms with Gasteiger partial charge in [-0.05, 0) is 25.7 Å². The average Bonchev–Trinajstić information content (AvgIpc) is 2.35. The molecule has 0 saturated carbocycles. The van der Waals surface area contributed by atoms with Crippen LogP contribution in [0.1, 0.15) is 39.5 Å². The molecule has 1 N–H and O–H groups in total. The van der Waals surface area contributed by atoms with E-state index in [1.54, 1.807) is 0 Å². The lowest BCUT2D eigenvalue weighted by molar-refractivity contribution is -0.162. The van der Waals surface area contributed by atoms with Gasteiger partial charge in [-0.15, -0.1) is 0 Å². The van der Waals surface area contributed by atoms with E-state index in [9.17, 15) is 9.59 Å². The summed E-state index contributed by atoms with van der Waals surface area (Å²) in [5.74, 6) is -2.45. The van der Waals surface area contributed by atoms with E-state index in [2.05, 4.69) is 0 Å². The molecule has 4 nitrogen and oxygen atoms in total. The number of ether oxygens (including phenoxy) is 1. The van der Waals surface area contributed by atoms with Crippen molar-refractivity contribution in [2.75, 3.05) is 0 Å². The van der Waals surface area contributed by atoms with Crippen LogP contribution in [0.2, 0.25) is 0 Å². The van der Waals surface area contributed by atoms with Crippen molar-refractivity contribution in [3.8, 4) is 0 Å². The van der Waals surface area contributed by atoms with E-state index < -0.39 is 17.8 Å². The number of carboxylic acids is 1. The lowest BCUT2D eigenvalue weighted by Crippen LogP contribution is -2.34. The van der Waals surface area contributed by atoms with Crippen molar-refractivity contribution < 1.29 is 19.4 Å². The monoisotopic (exact) mass is 240 g/mol. The van der Waals surface area contributed by atoms with Crippen molar-refractivity contribution in [3.63, 3.8) is 0 Å². The number of hydrogen-bond acceptors (Lipinski definition) is 3. The Morgan fingerprint density at radius 3 is 2.24 bits per heavy atom. The van der Waals surface area contributed by atoms with Crippen LogP contribution in [-0.4, -0.2) is 23.1 Å². The summed E-state index contributed by atoms with van der Waals surface area (Å²) < 4.78 is 5.33. The third-order valence-electron chi connectivity index (χ3n) is 3.25. The molecule has 0 aromatic carbocycles. The van der Waals surface area contributed by atoms with Gasteiger partial charge in [-0.2, -0.15) is 0 Å². The zero-order valence-electron chi connectivity index (χ0n) is 10.4. The molecule has 0 heterocycles. The molecule has 2 atom stereocenters. The van der Waals surface area contributed by atoms with Gasteiger partial charge in [0.25, 0.3) is 0 Å². The summed E-state index contributed by atoms with van der Waals surface area (Å²) in [5, 5.41) is 9.06. The molecule has 1 aliphatic carbocycles. The van der Waals surface area contributed by atoms with E-state index in [1.807, 2.05) is 26.0 Å². The number of carbonyl (C=O) groups is 2. The van der Waals surface area contributed by atoms with Gasteiger partial charge < -0.3 is 9.84 Å². The summed E-state index contributed by atoms with van der Waals surface area (Å²) in [6, 6.07) is 0. The molecule has 1 rings (SSSR count). The lowest BCUT2D eigenvalue weighted by atomic mass is 9.83. The highest BCUT2D eigenvalue weighted by molar-refractivity contribution is 5.81. The van der Waals surface area contributed by atoms with Gasteiger partial charge in [-0.1, -0.05) is 26.0 Å². The quantitative estimate of drug-likeness (QED) is 0.592. The lowest BCUT2D eigenvalue weighted by Gasteiger charge is -2.25. The highest BCUT2D eigenvalue weighted by Gasteiger charge is 2.35. The van der Waals surface area contributed by atoms with E-state index in [-0.39, 0.29) is 12.1 Å². The second-order valence-corrected chi connectivity index (χ2v) is 4.37. The van der Waals surface area contributed by atoms with Crippen LogP contribution in [0.3, 0.4) is 0 Å². The van der Waals surface area contributed by atoms with Gasteiger partial charge in [-0.3, -0.25) is 9.59 Å². The second-order valence-electron chi connectivity index (χ2n) is 4.37. The summed E-state index contributed by atoms with van der Waals surface area (Å²) in [6.07, 6.45) is 6.00. The molecule has 0 aromatic heterocycles. The maximum absolute atomic E-state index is 11.9. The van der Waals surface area contributed by atoms with Crippen LogP contribution in [0.15, 0.2) is 12.2 Å². The van der Waals surface area contributed by atoms with Crippen LogP contribution >= 0.6 is 0 Å². The fourth-order valence-electron chi connectivity index (χ4n) is 2.05. The Labute approximate surface area is 102 Å². The third-order valence-corrected chi connectivity index (χ3v) is 3.25. The molecule has 4 heteroatoms. The highest BCUT2D eigenvalue weighted by atomic mass is 16.5. The normalized spacial score (nSPS) is 23.7. The molecule has 0 radical (unpaired) electrons. The summed E-state index contributed by atoms with van der Waals surface area (Å²) in [6.45, 7) is 3.91. The van der Waals surface area contributed by atoms with Gasteiger partial charge in [-0.25, -0.2) is 0 Å². The van der Waals surface area contributed by atoms with Crippen molar-refractivity contribution in [1.82, 2.24) is 0 Å². The molecule has 0 aromatic rings. The number of allylic oxidation sites excluding steroid dienone is 2. The smallest absolute Gasteiger partial charge is 0.310 e. The fourth-order valence-corrected chi connectivity index (χ4v) is 2.05. The van der Waals surface area contributed by atoms with Gasteiger partial charge in [0.2, 0.25) is 0 Å². The first-order chi connectivity index (χ1) is 8.10. The minimum absolute atomic E-state index is 0.0946.